The van der Waals surface area contributed by atoms with Crippen molar-refractivity contribution in [2.24, 2.45) is 0 Å². The van der Waals surface area contributed by atoms with Gasteiger partial charge in [-0.05, 0) is 31.2 Å². The Morgan fingerprint density at radius 3 is 2.80 bits per heavy atom. The second-order valence-electron chi connectivity index (χ2n) is 6.93. The monoisotopic (exact) mass is 402 g/mol. The van der Waals surface area contributed by atoms with Crippen molar-refractivity contribution in [2.75, 3.05) is 12.1 Å². The number of hydrogen-bond donors (Lipinski definition) is 1. The summed E-state index contributed by atoms with van der Waals surface area (Å²) in [6.07, 6.45) is 1.80. The molecule has 0 radical (unpaired) electrons. The van der Waals surface area contributed by atoms with E-state index < -0.39 is 0 Å². The van der Waals surface area contributed by atoms with E-state index in [-0.39, 0.29) is 19.2 Å². The first kappa shape index (κ1) is 18.0. The number of carbonyl (C=O) groups is 1. The molecule has 0 aliphatic carbocycles. The molecule has 0 unspecified atom stereocenters. The molecule has 30 heavy (non-hydrogen) atoms. The molecule has 1 amide bonds. The third kappa shape index (κ3) is 3.50. The molecule has 0 saturated heterocycles. The van der Waals surface area contributed by atoms with E-state index >= 15 is 0 Å². The highest BCUT2D eigenvalue weighted by atomic mass is 16.7. The summed E-state index contributed by atoms with van der Waals surface area (Å²) < 4.78 is 17.8. The van der Waals surface area contributed by atoms with E-state index in [2.05, 4.69) is 15.5 Å². The highest BCUT2D eigenvalue weighted by Gasteiger charge is 2.17. The Morgan fingerprint density at radius 2 is 1.93 bits per heavy atom. The summed E-state index contributed by atoms with van der Waals surface area (Å²) in [6.45, 7) is 2.31. The summed E-state index contributed by atoms with van der Waals surface area (Å²) in [6, 6.07) is 16.8. The summed E-state index contributed by atoms with van der Waals surface area (Å²) in [5.74, 6) is 1.95. The van der Waals surface area contributed by atoms with Crippen LogP contribution in [-0.2, 0) is 11.3 Å². The van der Waals surface area contributed by atoms with Gasteiger partial charge in [-0.2, -0.15) is 4.98 Å². The molecular weight excluding hydrogens is 384 g/mol. The van der Waals surface area contributed by atoms with Crippen LogP contribution in [0.2, 0.25) is 0 Å². The van der Waals surface area contributed by atoms with Crippen LogP contribution < -0.4 is 14.8 Å². The zero-order valence-electron chi connectivity index (χ0n) is 16.2. The molecule has 0 saturated carbocycles. The minimum absolute atomic E-state index is 0.0963. The van der Waals surface area contributed by atoms with Crippen molar-refractivity contribution in [2.45, 2.75) is 13.5 Å². The second kappa shape index (κ2) is 7.40. The molecule has 0 spiro atoms. The molecule has 8 nitrogen and oxygen atoms in total. The minimum Gasteiger partial charge on any atom is -0.454 e. The number of fused-ring (bicyclic) bond motifs is 1. The predicted molar refractivity (Wildman–Crippen MR) is 109 cm³/mol. The molecule has 0 atom stereocenters. The summed E-state index contributed by atoms with van der Waals surface area (Å²) in [4.78, 5) is 17.0. The number of ether oxygens (including phenoxy) is 2. The van der Waals surface area contributed by atoms with Gasteiger partial charge in [0.05, 0.1) is 0 Å². The Labute approximate surface area is 172 Å². The normalized spacial score (nSPS) is 12.2. The molecule has 0 bridgehead atoms. The van der Waals surface area contributed by atoms with Crippen LogP contribution in [0.1, 0.15) is 5.56 Å². The third-order valence-electron chi connectivity index (χ3n) is 4.75. The fourth-order valence-corrected chi connectivity index (χ4v) is 3.22. The lowest BCUT2D eigenvalue weighted by atomic mass is 10.1. The quantitative estimate of drug-likeness (QED) is 0.545. The number of nitrogens with one attached hydrogen (secondary N) is 1. The zero-order valence-corrected chi connectivity index (χ0v) is 16.2. The van der Waals surface area contributed by atoms with E-state index in [0.717, 1.165) is 11.1 Å². The molecule has 4 aromatic rings. The van der Waals surface area contributed by atoms with Gasteiger partial charge in [0.2, 0.25) is 18.5 Å². The van der Waals surface area contributed by atoms with Gasteiger partial charge < -0.3 is 23.9 Å². The second-order valence-corrected chi connectivity index (χ2v) is 6.93. The van der Waals surface area contributed by atoms with Crippen LogP contribution in [-0.4, -0.2) is 27.4 Å². The van der Waals surface area contributed by atoms with Crippen LogP contribution in [0.5, 0.6) is 11.5 Å². The van der Waals surface area contributed by atoms with Crippen LogP contribution in [0.15, 0.2) is 65.3 Å². The van der Waals surface area contributed by atoms with Crippen molar-refractivity contribution in [3.63, 3.8) is 0 Å². The number of aromatic nitrogens is 3. The number of benzene rings is 2. The van der Waals surface area contributed by atoms with Crippen molar-refractivity contribution in [1.82, 2.24) is 14.7 Å². The van der Waals surface area contributed by atoms with E-state index in [1.165, 1.54) is 0 Å². The third-order valence-corrected chi connectivity index (χ3v) is 4.75. The highest BCUT2D eigenvalue weighted by Crippen LogP contribution is 2.34. The van der Waals surface area contributed by atoms with Gasteiger partial charge in [0, 0.05) is 23.5 Å². The Morgan fingerprint density at radius 1 is 1.10 bits per heavy atom. The number of amides is 1. The van der Waals surface area contributed by atoms with Gasteiger partial charge in [-0.25, -0.2) is 0 Å². The molecule has 2 aromatic heterocycles. The predicted octanol–water partition coefficient (Wildman–Crippen LogP) is 3.88. The summed E-state index contributed by atoms with van der Waals surface area (Å²) in [5, 5.41) is 6.93. The van der Waals surface area contributed by atoms with Crippen molar-refractivity contribution in [3.05, 3.63) is 66.4 Å². The first-order valence-electron chi connectivity index (χ1n) is 9.41. The van der Waals surface area contributed by atoms with Crippen LogP contribution in [0.3, 0.4) is 0 Å². The van der Waals surface area contributed by atoms with E-state index in [0.29, 0.717) is 34.6 Å². The lowest BCUT2D eigenvalue weighted by Gasteiger charge is -2.08. The first-order chi connectivity index (χ1) is 14.7. The number of anilines is 1. The topological polar surface area (TPSA) is 91.4 Å². The average molecular weight is 402 g/mol. The smallest absolute Gasteiger partial charge is 0.274 e. The Bertz CT molecular complexity index is 1210. The SMILES string of the molecule is Cc1ccc(-c2noc(-c3cccn3CC(=O)Nc3ccc4c(c3)OCO4)n2)cc1. The Kier molecular flexibility index (Phi) is 4.44. The van der Waals surface area contributed by atoms with E-state index in [1.807, 2.05) is 43.3 Å². The number of carbonyl (C=O) groups excluding carboxylic acids is 1. The van der Waals surface area contributed by atoms with Crippen LogP contribution >= 0.6 is 0 Å². The largest absolute Gasteiger partial charge is 0.454 e. The standard InChI is InChI=1S/C22H18N4O4/c1-14-4-6-15(7-5-14)21-24-22(30-25-21)17-3-2-10-26(17)12-20(27)23-16-8-9-18-19(11-16)29-13-28-18/h2-11H,12-13H2,1H3,(H,23,27). The van der Waals surface area contributed by atoms with Crippen molar-refractivity contribution in [1.29, 1.82) is 0 Å². The maximum Gasteiger partial charge on any atom is 0.274 e. The van der Waals surface area contributed by atoms with Crippen LogP contribution in [0.25, 0.3) is 23.0 Å². The number of nitrogens with zero attached hydrogens (tertiary/aromatic N) is 3. The van der Waals surface area contributed by atoms with Gasteiger partial charge in [-0.3, -0.25) is 4.79 Å². The Hall–Kier alpha value is -4.07. The van der Waals surface area contributed by atoms with E-state index in [4.69, 9.17) is 14.0 Å². The van der Waals surface area contributed by atoms with Gasteiger partial charge in [0.1, 0.15) is 12.2 Å². The fourth-order valence-electron chi connectivity index (χ4n) is 3.22. The number of rotatable bonds is 5. The summed E-state index contributed by atoms with van der Waals surface area (Å²) >= 11 is 0. The molecule has 1 aliphatic rings. The van der Waals surface area contributed by atoms with Crippen molar-refractivity contribution >= 4 is 11.6 Å². The molecule has 5 rings (SSSR count). The lowest BCUT2D eigenvalue weighted by Crippen LogP contribution is -2.18. The van der Waals surface area contributed by atoms with Gasteiger partial charge >= 0.3 is 0 Å². The maximum atomic E-state index is 12.6. The van der Waals surface area contributed by atoms with Gasteiger partial charge in [-0.15, -0.1) is 0 Å². The van der Waals surface area contributed by atoms with Crippen LogP contribution in [0, 0.1) is 6.92 Å². The number of hydrogen-bond acceptors (Lipinski definition) is 6. The van der Waals surface area contributed by atoms with Gasteiger partial charge in [-0.1, -0.05) is 35.0 Å². The molecule has 3 heterocycles. The molecule has 1 N–H and O–H groups in total. The van der Waals surface area contributed by atoms with Crippen LogP contribution in [0.4, 0.5) is 5.69 Å². The minimum atomic E-state index is -0.190. The summed E-state index contributed by atoms with van der Waals surface area (Å²) in [5.41, 5.74) is 3.33. The number of aryl methyl sites for hydroxylation is 1. The van der Waals surface area contributed by atoms with Gasteiger partial charge in [0.25, 0.3) is 5.89 Å². The van der Waals surface area contributed by atoms with E-state index in [9.17, 15) is 4.79 Å². The first-order valence-corrected chi connectivity index (χ1v) is 9.41. The lowest BCUT2D eigenvalue weighted by molar-refractivity contribution is -0.116. The molecule has 150 valence electrons. The molecular formula is C22H18N4O4. The molecule has 0 fully saturated rings. The maximum absolute atomic E-state index is 12.6. The molecule has 8 heteroatoms. The molecule has 1 aliphatic heterocycles. The average Bonchev–Trinajstić information content (AvgIpc) is 3.48. The van der Waals surface area contributed by atoms with E-state index in [1.54, 1.807) is 29.0 Å². The van der Waals surface area contributed by atoms with Crippen molar-refractivity contribution in [3.8, 4) is 34.5 Å². The summed E-state index contributed by atoms with van der Waals surface area (Å²) in [7, 11) is 0. The highest BCUT2D eigenvalue weighted by molar-refractivity contribution is 5.91. The van der Waals surface area contributed by atoms with Gasteiger partial charge in [0.15, 0.2) is 11.5 Å². The fraction of sp³-hybridized carbons (Fsp3) is 0.136. The Balaban J connectivity index is 1.31. The molecule has 2 aromatic carbocycles. The zero-order chi connectivity index (χ0) is 20.5. The van der Waals surface area contributed by atoms with Crippen molar-refractivity contribution < 1.29 is 18.8 Å².